The number of ether oxygens (including phenoxy) is 1. The second-order valence-electron chi connectivity index (χ2n) is 4.75. The van der Waals surface area contributed by atoms with E-state index in [1.165, 1.54) is 46.1 Å². The van der Waals surface area contributed by atoms with Gasteiger partial charge in [-0.1, -0.05) is 39.0 Å². The van der Waals surface area contributed by atoms with E-state index in [2.05, 4.69) is 22.3 Å². The largest absolute Gasteiger partial charge is 0.467 e. The van der Waals surface area contributed by atoms with Crippen LogP contribution in [-0.4, -0.2) is 38.1 Å². The monoisotopic (exact) mass is 272 g/mol. The summed E-state index contributed by atoms with van der Waals surface area (Å²) in [5, 5.41) is 5.75. The predicted molar refractivity (Wildman–Crippen MR) is 75.9 cm³/mol. The van der Waals surface area contributed by atoms with Gasteiger partial charge in [0.1, 0.15) is 6.04 Å². The fraction of sp³-hybridized carbons (Fsp3) is 0.857. The number of nitrogens with one attached hydrogen (secondary N) is 2. The number of amides is 1. The van der Waals surface area contributed by atoms with E-state index in [-0.39, 0.29) is 5.91 Å². The molecule has 1 atom stereocenters. The lowest BCUT2D eigenvalue weighted by molar-refractivity contribution is -0.144. The van der Waals surface area contributed by atoms with Crippen molar-refractivity contribution >= 4 is 11.9 Å². The molecular weight excluding hydrogens is 244 g/mol. The second kappa shape index (κ2) is 12.0. The van der Waals surface area contributed by atoms with Crippen molar-refractivity contribution < 1.29 is 14.3 Å². The highest BCUT2D eigenvalue weighted by Gasteiger charge is 2.18. The first-order chi connectivity index (χ1) is 9.11. The zero-order chi connectivity index (χ0) is 14.5. The molecule has 5 nitrogen and oxygen atoms in total. The summed E-state index contributed by atoms with van der Waals surface area (Å²) in [7, 11) is 1.32. The first-order valence-corrected chi connectivity index (χ1v) is 7.17. The van der Waals surface area contributed by atoms with Crippen LogP contribution in [0.1, 0.15) is 52.4 Å². The fourth-order valence-corrected chi connectivity index (χ4v) is 1.86. The van der Waals surface area contributed by atoms with Gasteiger partial charge in [0, 0.05) is 13.5 Å². The Hall–Kier alpha value is -1.10. The number of rotatable bonds is 11. The molecule has 0 aromatic carbocycles. The van der Waals surface area contributed by atoms with E-state index in [4.69, 9.17) is 0 Å². The van der Waals surface area contributed by atoms with Crippen molar-refractivity contribution in [3.63, 3.8) is 0 Å². The van der Waals surface area contributed by atoms with Crippen molar-refractivity contribution in [3.8, 4) is 0 Å². The summed E-state index contributed by atoms with van der Waals surface area (Å²) < 4.78 is 4.64. The van der Waals surface area contributed by atoms with Crippen LogP contribution in [0.3, 0.4) is 0 Å². The van der Waals surface area contributed by atoms with Gasteiger partial charge in [0.05, 0.1) is 7.11 Å². The lowest BCUT2D eigenvalue weighted by Crippen LogP contribution is -2.47. The van der Waals surface area contributed by atoms with Gasteiger partial charge in [-0.05, 0) is 13.0 Å². The summed E-state index contributed by atoms with van der Waals surface area (Å²) >= 11 is 0. The first kappa shape index (κ1) is 17.9. The number of carbonyl (C=O) groups is 2. The Bertz CT molecular complexity index is 257. The Labute approximate surface area is 116 Å². The minimum Gasteiger partial charge on any atom is -0.467 e. The van der Waals surface area contributed by atoms with E-state index in [0.29, 0.717) is 6.54 Å². The SMILES string of the molecule is CCCCCCCCNCC(NC(C)=O)C(=O)OC. The van der Waals surface area contributed by atoms with E-state index >= 15 is 0 Å². The zero-order valence-electron chi connectivity index (χ0n) is 12.5. The molecule has 0 radical (unpaired) electrons. The van der Waals surface area contributed by atoms with Gasteiger partial charge in [0.15, 0.2) is 0 Å². The number of carbonyl (C=O) groups excluding carboxylic acids is 2. The van der Waals surface area contributed by atoms with E-state index in [1.807, 2.05) is 0 Å². The lowest BCUT2D eigenvalue weighted by Gasteiger charge is -2.16. The van der Waals surface area contributed by atoms with E-state index in [1.54, 1.807) is 0 Å². The highest BCUT2D eigenvalue weighted by molar-refractivity contribution is 5.83. The van der Waals surface area contributed by atoms with Gasteiger partial charge in [0.2, 0.25) is 5.91 Å². The number of hydrogen-bond acceptors (Lipinski definition) is 4. The third kappa shape index (κ3) is 10.5. The summed E-state index contributed by atoms with van der Waals surface area (Å²) in [5.41, 5.74) is 0. The van der Waals surface area contributed by atoms with Crippen LogP contribution in [0.15, 0.2) is 0 Å². The fourth-order valence-electron chi connectivity index (χ4n) is 1.86. The summed E-state index contributed by atoms with van der Waals surface area (Å²) in [5.74, 6) is -0.637. The maximum atomic E-state index is 11.4. The second-order valence-corrected chi connectivity index (χ2v) is 4.75. The summed E-state index contributed by atoms with van der Waals surface area (Å²) in [6.07, 6.45) is 7.43. The van der Waals surface area contributed by atoms with Gasteiger partial charge >= 0.3 is 5.97 Å². The normalized spacial score (nSPS) is 11.9. The molecule has 0 fully saturated rings. The molecule has 5 heteroatoms. The molecule has 0 aromatic heterocycles. The highest BCUT2D eigenvalue weighted by Crippen LogP contribution is 2.04. The molecule has 0 aliphatic heterocycles. The molecular formula is C14H28N2O3. The zero-order valence-corrected chi connectivity index (χ0v) is 12.5. The van der Waals surface area contributed by atoms with Crippen molar-refractivity contribution in [2.75, 3.05) is 20.2 Å². The third-order valence-electron chi connectivity index (χ3n) is 2.92. The predicted octanol–water partition coefficient (Wildman–Crippen LogP) is 1.61. The van der Waals surface area contributed by atoms with Crippen molar-refractivity contribution in [2.24, 2.45) is 0 Å². The average Bonchev–Trinajstić information content (AvgIpc) is 2.39. The van der Waals surface area contributed by atoms with Gasteiger partial charge in [-0.3, -0.25) is 4.79 Å². The minimum absolute atomic E-state index is 0.225. The topological polar surface area (TPSA) is 67.4 Å². The highest BCUT2D eigenvalue weighted by atomic mass is 16.5. The van der Waals surface area contributed by atoms with Crippen molar-refractivity contribution in [1.82, 2.24) is 10.6 Å². The van der Waals surface area contributed by atoms with Crippen molar-refractivity contribution in [3.05, 3.63) is 0 Å². The molecule has 0 saturated carbocycles. The Kier molecular flexibility index (Phi) is 11.3. The maximum absolute atomic E-state index is 11.4. The Morgan fingerprint density at radius 2 is 1.74 bits per heavy atom. The van der Waals surface area contributed by atoms with Crippen LogP contribution in [0.5, 0.6) is 0 Å². The molecule has 0 aliphatic rings. The Morgan fingerprint density at radius 1 is 1.11 bits per heavy atom. The summed E-state index contributed by atoms with van der Waals surface area (Å²) in [4.78, 5) is 22.4. The standard InChI is InChI=1S/C14H28N2O3/c1-4-5-6-7-8-9-10-15-11-13(14(18)19-3)16-12(2)17/h13,15H,4-11H2,1-3H3,(H,16,17). The molecule has 19 heavy (non-hydrogen) atoms. The average molecular weight is 272 g/mol. The molecule has 112 valence electrons. The summed E-state index contributed by atoms with van der Waals surface area (Å²) in [6.45, 7) is 4.88. The molecule has 0 saturated heterocycles. The molecule has 1 amide bonds. The van der Waals surface area contributed by atoms with Crippen LogP contribution in [0.2, 0.25) is 0 Å². The smallest absolute Gasteiger partial charge is 0.329 e. The van der Waals surface area contributed by atoms with Crippen LogP contribution < -0.4 is 10.6 Å². The number of hydrogen-bond donors (Lipinski definition) is 2. The van der Waals surface area contributed by atoms with Crippen LogP contribution in [0.25, 0.3) is 0 Å². The quantitative estimate of drug-likeness (QED) is 0.443. The van der Waals surface area contributed by atoms with E-state index in [9.17, 15) is 9.59 Å². The molecule has 0 rings (SSSR count). The Balaban J connectivity index is 3.63. The van der Waals surface area contributed by atoms with Gasteiger partial charge in [-0.15, -0.1) is 0 Å². The molecule has 0 aromatic rings. The molecule has 0 spiro atoms. The van der Waals surface area contributed by atoms with E-state index in [0.717, 1.165) is 13.0 Å². The summed E-state index contributed by atoms with van der Waals surface area (Å²) in [6, 6.07) is -0.595. The molecule has 0 bridgehead atoms. The first-order valence-electron chi connectivity index (χ1n) is 7.17. The molecule has 1 unspecified atom stereocenters. The number of unbranched alkanes of at least 4 members (excludes halogenated alkanes) is 5. The van der Waals surface area contributed by atoms with Crippen LogP contribution in [0.4, 0.5) is 0 Å². The van der Waals surface area contributed by atoms with Gasteiger partial charge in [-0.25, -0.2) is 4.79 Å². The van der Waals surface area contributed by atoms with Gasteiger partial charge < -0.3 is 15.4 Å². The third-order valence-corrected chi connectivity index (χ3v) is 2.92. The lowest BCUT2D eigenvalue weighted by atomic mass is 10.1. The molecule has 0 aliphatic carbocycles. The van der Waals surface area contributed by atoms with Crippen molar-refractivity contribution in [2.45, 2.75) is 58.4 Å². The van der Waals surface area contributed by atoms with Crippen LogP contribution in [-0.2, 0) is 14.3 Å². The molecule has 0 heterocycles. The minimum atomic E-state index is -0.595. The van der Waals surface area contributed by atoms with Gasteiger partial charge in [-0.2, -0.15) is 0 Å². The molecule has 2 N–H and O–H groups in total. The Morgan fingerprint density at radius 3 is 2.32 bits per heavy atom. The maximum Gasteiger partial charge on any atom is 0.329 e. The number of esters is 1. The van der Waals surface area contributed by atoms with Crippen molar-refractivity contribution in [1.29, 1.82) is 0 Å². The van der Waals surface area contributed by atoms with E-state index < -0.39 is 12.0 Å². The van der Waals surface area contributed by atoms with Crippen LogP contribution >= 0.6 is 0 Å². The van der Waals surface area contributed by atoms with Gasteiger partial charge in [0.25, 0.3) is 0 Å². The number of methoxy groups -OCH3 is 1. The van der Waals surface area contributed by atoms with Crippen LogP contribution in [0, 0.1) is 0 Å².